The highest BCUT2D eigenvalue weighted by molar-refractivity contribution is 5.71. The molecule has 1 atom stereocenters. The molecule has 6 heteroatoms. The zero-order valence-electron chi connectivity index (χ0n) is 14.4. The molecule has 2 heterocycles. The van der Waals surface area contributed by atoms with Gasteiger partial charge in [-0.05, 0) is 32.4 Å². The first-order valence-electron chi connectivity index (χ1n) is 8.19. The fourth-order valence-corrected chi connectivity index (χ4v) is 2.84. The minimum atomic E-state index is -0.228. The lowest BCUT2D eigenvalue weighted by atomic mass is 10.1. The SMILES string of the molecule is CC/C=C(\C)[C@H](C)n1c(=O)[nH]c2ncc(-c3cccc(C#N)c3)nc21. The Balaban J connectivity index is 2.17. The maximum atomic E-state index is 12.4. The molecule has 3 aromatic rings. The summed E-state index contributed by atoms with van der Waals surface area (Å²) < 4.78 is 1.63. The van der Waals surface area contributed by atoms with Crippen LogP contribution in [0.25, 0.3) is 22.6 Å². The van der Waals surface area contributed by atoms with Crippen molar-refractivity contribution in [2.75, 3.05) is 0 Å². The second kappa shape index (κ2) is 6.73. The first-order chi connectivity index (χ1) is 12.0. The van der Waals surface area contributed by atoms with E-state index >= 15 is 0 Å². The summed E-state index contributed by atoms with van der Waals surface area (Å²) in [5.74, 6) is 0. The monoisotopic (exact) mass is 333 g/mol. The molecule has 3 rings (SSSR count). The molecule has 1 aromatic carbocycles. The van der Waals surface area contributed by atoms with Crippen molar-refractivity contribution < 1.29 is 0 Å². The largest absolute Gasteiger partial charge is 0.329 e. The van der Waals surface area contributed by atoms with E-state index in [-0.39, 0.29) is 11.7 Å². The maximum Gasteiger partial charge on any atom is 0.329 e. The number of aromatic nitrogens is 4. The van der Waals surface area contributed by atoms with Gasteiger partial charge in [0.05, 0.1) is 29.6 Å². The van der Waals surface area contributed by atoms with Crippen LogP contribution in [0.3, 0.4) is 0 Å². The number of aromatic amines is 1. The molecule has 0 saturated heterocycles. The van der Waals surface area contributed by atoms with Crippen molar-refractivity contribution in [3.05, 3.63) is 58.2 Å². The van der Waals surface area contributed by atoms with Crippen LogP contribution in [0.4, 0.5) is 0 Å². The Morgan fingerprint density at radius 3 is 3.00 bits per heavy atom. The lowest BCUT2D eigenvalue weighted by Gasteiger charge is -2.14. The molecule has 0 unspecified atom stereocenters. The first-order valence-corrected chi connectivity index (χ1v) is 8.19. The smallest absolute Gasteiger partial charge is 0.289 e. The van der Waals surface area contributed by atoms with Gasteiger partial charge in [-0.25, -0.2) is 14.8 Å². The highest BCUT2D eigenvalue weighted by Crippen LogP contribution is 2.22. The molecule has 25 heavy (non-hydrogen) atoms. The quantitative estimate of drug-likeness (QED) is 0.739. The normalized spacial score (nSPS) is 13.0. The molecule has 2 aromatic heterocycles. The summed E-state index contributed by atoms with van der Waals surface area (Å²) in [6, 6.07) is 9.18. The van der Waals surface area contributed by atoms with Crippen molar-refractivity contribution in [3.63, 3.8) is 0 Å². The summed E-state index contributed by atoms with van der Waals surface area (Å²) in [6.07, 6.45) is 4.62. The van der Waals surface area contributed by atoms with Gasteiger partial charge in [0.2, 0.25) is 0 Å². The number of hydrogen-bond acceptors (Lipinski definition) is 4. The van der Waals surface area contributed by atoms with Gasteiger partial charge in [-0.3, -0.25) is 9.55 Å². The van der Waals surface area contributed by atoms with E-state index in [1.807, 2.05) is 19.9 Å². The Kier molecular flexibility index (Phi) is 4.48. The summed E-state index contributed by atoms with van der Waals surface area (Å²) in [6.45, 7) is 6.04. The molecular weight excluding hydrogens is 314 g/mol. The van der Waals surface area contributed by atoms with Crippen molar-refractivity contribution >= 4 is 11.3 Å². The molecule has 0 radical (unpaired) electrons. The van der Waals surface area contributed by atoms with Crippen LogP contribution in [0, 0.1) is 11.3 Å². The van der Waals surface area contributed by atoms with E-state index in [9.17, 15) is 4.79 Å². The van der Waals surface area contributed by atoms with E-state index in [2.05, 4.69) is 34.0 Å². The zero-order chi connectivity index (χ0) is 18.0. The topological polar surface area (TPSA) is 87.4 Å². The van der Waals surface area contributed by atoms with E-state index in [1.165, 1.54) is 0 Å². The molecule has 0 spiro atoms. The number of rotatable bonds is 4. The predicted octanol–water partition coefficient (Wildman–Crippen LogP) is 3.58. The Labute approximate surface area is 145 Å². The molecule has 126 valence electrons. The van der Waals surface area contributed by atoms with Crippen molar-refractivity contribution in [1.29, 1.82) is 5.26 Å². The fourth-order valence-electron chi connectivity index (χ4n) is 2.84. The van der Waals surface area contributed by atoms with Gasteiger partial charge in [0, 0.05) is 5.56 Å². The van der Waals surface area contributed by atoms with Gasteiger partial charge in [0.25, 0.3) is 0 Å². The lowest BCUT2D eigenvalue weighted by molar-refractivity contribution is 0.616. The number of nitrogens with zero attached hydrogens (tertiary/aromatic N) is 4. The number of H-pyrrole nitrogens is 1. The fraction of sp³-hybridized carbons (Fsp3) is 0.263. The highest BCUT2D eigenvalue weighted by atomic mass is 16.1. The van der Waals surface area contributed by atoms with E-state index in [1.54, 1.807) is 29.0 Å². The highest BCUT2D eigenvalue weighted by Gasteiger charge is 2.17. The molecule has 0 bridgehead atoms. The van der Waals surface area contributed by atoms with Gasteiger partial charge < -0.3 is 0 Å². The Morgan fingerprint density at radius 2 is 2.28 bits per heavy atom. The van der Waals surface area contributed by atoms with E-state index in [0.717, 1.165) is 17.6 Å². The van der Waals surface area contributed by atoms with Gasteiger partial charge in [0.15, 0.2) is 11.3 Å². The molecule has 0 aliphatic heterocycles. The van der Waals surface area contributed by atoms with E-state index in [0.29, 0.717) is 22.6 Å². The number of allylic oxidation sites excluding steroid dienone is 2. The molecule has 0 saturated carbocycles. The third kappa shape index (κ3) is 3.09. The molecular formula is C19H19N5O. The van der Waals surface area contributed by atoms with Crippen molar-refractivity contribution in [1.82, 2.24) is 19.5 Å². The Morgan fingerprint density at radius 1 is 1.48 bits per heavy atom. The Bertz CT molecular complexity index is 1050. The molecule has 6 nitrogen and oxygen atoms in total. The second-order valence-corrected chi connectivity index (χ2v) is 5.95. The number of benzene rings is 1. The minimum absolute atomic E-state index is 0.115. The van der Waals surface area contributed by atoms with E-state index in [4.69, 9.17) is 5.26 Å². The van der Waals surface area contributed by atoms with Crippen LogP contribution in [0.2, 0.25) is 0 Å². The first kappa shape index (κ1) is 16.7. The predicted molar refractivity (Wildman–Crippen MR) is 97.1 cm³/mol. The zero-order valence-corrected chi connectivity index (χ0v) is 14.4. The van der Waals surface area contributed by atoms with Crippen molar-refractivity contribution in [3.8, 4) is 17.3 Å². The Hall–Kier alpha value is -3.20. The van der Waals surface area contributed by atoms with Crippen molar-refractivity contribution in [2.45, 2.75) is 33.2 Å². The van der Waals surface area contributed by atoms with Crippen LogP contribution in [-0.2, 0) is 0 Å². The van der Waals surface area contributed by atoms with Crippen LogP contribution in [0.1, 0.15) is 38.8 Å². The molecule has 0 amide bonds. The van der Waals surface area contributed by atoms with Gasteiger partial charge in [0.1, 0.15) is 0 Å². The third-order valence-corrected chi connectivity index (χ3v) is 4.29. The average Bonchev–Trinajstić information content (AvgIpc) is 2.96. The van der Waals surface area contributed by atoms with Gasteiger partial charge in [-0.1, -0.05) is 30.7 Å². The molecule has 1 N–H and O–H groups in total. The van der Waals surface area contributed by atoms with Crippen molar-refractivity contribution in [2.24, 2.45) is 0 Å². The maximum absolute atomic E-state index is 12.4. The number of nitrogens with one attached hydrogen (secondary N) is 1. The molecule has 0 aliphatic carbocycles. The molecule has 0 aliphatic rings. The lowest BCUT2D eigenvalue weighted by Crippen LogP contribution is -2.21. The van der Waals surface area contributed by atoms with Crippen LogP contribution >= 0.6 is 0 Å². The summed E-state index contributed by atoms with van der Waals surface area (Å²) >= 11 is 0. The number of nitriles is 1. The summed E-state index contributed by atoms with van der Waals surface area (Å²) in [5, 5.41) is 9.07. The number of imidazole rings is 1. The standard InChI is InChI=1S/C19H19N5O/c1-4-6-12(2)13(3)24-18-17(23-19(24)25)21-11-16(22-18)15-8-5-7-14(9-15)10-20/h5-9,11,13H,4H2,1-3H3,(H,21,23,25)/b12-6+/t13-/m0/s1. The van der Waals surface area contributed by atoms with Gasteiger partial charge >= 0.3 is 5.69 Å². The molecule has 0 fully saturated rings. The van der Waals surface area contributed by atoms with Gasteiger partial charge in [-0.15, -0.1) is 0 Å². The number of hydrogen-bond donors (Lipinski definition) is 1. The third-order valence-electron chi connectivity index (χ3n) is 4.29. The van der Waals surface area contributed by atoms with E-state index < -0.39 is 0 Å². The second-order valence-electron chi connectivity index (χ2n) is 5.95. The van der Waals surface area contributed by atoms with Gasteiger partial charge in [-0.2, -0.15) is 5.26 Å². The summed E-state index contributed by atoms with van der Waals surface area (Å²) in [4.78, 5) is 24.1. The summed E-state index contributed by atoms with van der Waals surface area (Å²) in [5.41, 5.74) is 3.82. The van der Waals surface area contributed by atoms with Crippen LogP contribution in [0.5, 0.6) is 0 Å². The average molecular weight is 333 g/mol. The minimum Gasteiger partial charge on any atom is -0.289 e. The van der Waals surface area contributed by atoms with Crippen LogP contribution in [0.15, 0.2) is 46.9 Å². The number of fused-ring (bicyclic) bond motifs is 1. The van der Waals surface area contributed by atoms with Crippen LogP contribution in [-0.4, -0.2) is 19.5 Å². The van der Waals surface area contributed by atoms with Crippen LogP contribution < -0.4 is 5.69 Å². The summed E-state index contributed by atoms with van der Waals surface area (Å²) in [7, 11) is 0.